The van der Waals surface area contributed by atoms with Crippen LogP contribution in [0.2, 0.25) is 0 Å². The highest BCUT2D eigenvalue weighted by atomic mass is 16.4. The van der Waals surface area contributed by atoms with Crippen LogP contribution in [0.25, 0.3) is 10.9 Å². The number of carbonyl (C=O) groups is 9. The standard InChI is InChI=1S/C67H83N13O13/c1-39(2)31-56(66(92)93)79-62(88)54(35-43-23-27-46(83)28-24-43)76-60(86)52(33-41-15-7-4-8-16-41)74-59(85)51(32-40-13-5-3-6-14-40)75-61(87)53(34-42-21-25-45(82)26-22-42)77-63(89)55(36-44-37-72-49-18-10-9-17-47(44)49)78-58(84)50(19-11-29-71-67(69)70)73-64(90)57-20-12-30-80(57)65(91)48(68)38-81/h3-10,13-18,21-28,37,39,48,50-57,72,81-83H,11-12,19-20,29-36,38,68H2,1-2H3,(H,73,90)(H,74,85)(H,75,87)(H,76,86)(H,77,89)(H,78,84)(H,79,88)(H,92,93)(H4,69,70,71)/t48-,50-,51-,52-,53-,54-,55-,56-,57-/m0/s1. The van der Waals surface area contributed by atoms with Crippen molar-refractivity contribution < 1.29 is 63.6 Å². The van der Waals surface area contributed by atoms with Gasteiger partial charge in [-0.25, -0.2) is 4.79 Å². The number of carboxylic acid groups (broad SMARTS) is 1. The minimum atomic E-state index is -1.53. The zero-order chi connectivity index (χ0) is 67.1. The number of rotatable bonds is 33. The van der Waals surface area contributed by atoms with Gasteiger partial charge in [0.1, 0.15) is 65.9 Å². The van der Waals surface area contributed by atoms with E-state index in [4.69, 9.17) is 17.2 Å². The molecule has 1 saturated heterocycles. The number of nitrogens with two attached hydrogens (primary N) is 3. The number of aromatic nitrogens is 1. The Hall–Kier alpha value is -10.3. The Morgan fingerprint density at radius 3 is 1.42 bits per heavy atom. The summed E-state index contributed by atoms with van der Waals surface area (Å²) in [5.41, 5.74) is 20.5. The van der Waals surface area contributed by atoms with Crippen LogP contribution in [-0.4, -0.2) is 164 Å². The third kappa shape index (κ3) is 21.1. The van der Waals surface area contributed by atoms with Crippen molar-refractivity contribution >= 4 is 70.1 Å². The van der Waals surface area contributed by atoms with E-state index in [-0.39, 0.29) is 94.3 Å². The average molecular weight is 1280 g/mol. The van der Waals surface area contributed by atoms with Crippen LogP contribution in [0.4, 0.5) is 0 Å². The third-order valence-electron chi connectivity index (χ3n) is 15.8. The molecule has 0 radical (unpaired) electrons. The number of aliphatic imine (C=N–C) groups is 1. The highest BCUT2D eigenvalue weighted by Crippen LogP contribution is 2.22. The number of hydrogen-bond donors (Lipinski definition) is 15. The van der Waals surface area contributed by atoms with Crippen LogP contribution in [0.1, 0.15) is 73.8 Å². The van der Waals surface area contributed by atoms with Gasteiger partial charge in [0, 0.05) is 62.3 Å². The van der Waals surface area contributed by atoms with E-state index in [2.05, 4.69) is 47.2 Å². The van der Waals surface area contributed by atoms with Crippen molar-refractivity contribution in [2.45, 2.75) is 132 Å². The fourth-order valence-corrected chi connectivity index (χ4v) is 11.0. The number of guanidine groups is 1. The third-order valence-corrected chi connectivity index (χ3v) is 15.8. The van der Waals surface area contributed by atoms with Crippen LogP contribution < -0.4 is 54.4 Å². The molecule has 494 valence electrons. The number of aromatic hydroxyl groups is 2. The molecule has 9 atom stereocenters. The molecule has 0 aliphatic carbocycles. The van der Waals surface area contributed by atoms with Gasteiger partial charge in [0.2, 0.25) is 47.3 Å². The minimum Gasteiger partial charge on any atom is -0.508 e. The summed E-state index contributed by atoms with van der Waals surface area (Å²) in [6, 6.07) is 23.9. The molecule has 8 amide bonds. The molecule has 2 heterocycles. The number of benzene rings is 5. The number of carbonyl (C=O) groups excluding carboxylic acids is 8. The summed E-state index contributed by atoms with van der Waals surface area (Å²) in [6.45, 7) is 3.14. The zero-order valence-electron chi connectivity index (χ0n) is 51.8. The van der Waals surface area contributed by atoms with E-state index in [9.17, 15) is 49.2 Å². The monoisotopic (exact) mass is 1280 g/mol. The first-order valence-corrected chi connectivity index (χ1v) is 30.8. The molecule has 26 heteroatoms. The number of aliphatic hydroxyl groups is 1. The van der Waals surface area contributed by atoms with Crippen molar-refractivity contribution in [3.63, 3.8) is 0 Å². The van der Waals surface area contributed by atoms with Gasteiger partial charge in [-0.3, -0.25) is 43.3 Å². The molecule has 26 nitrogen and oxygen atoms in total. The van der Waals surface area contributed by atoms with Crippen molar-refractivity contribution in [2.24, 2.45) is 28.1 Å². The summed E-state index contributed by atoms with van der Waals surface area (Å²) in [7, 11) is 0. The number of para-hydroxylation sites is 1. The van der Waals surface area contributed by atoms with E-state index < -0.39 is 114 Å². The van der Waals surface area contributed by atoms with Crippen LogP contribution in [0.5, 0.6) is 11.5 Å². The van der Waals surface area contributed by atoms with Crippen molar-refractivity contribution in [3.05, 3.63) is 167 Å². The fraction of sp³-hybridized carbons (Fsp3) is 0.373. The number of fused-ring (bicyclic) bond motifs is 1. The maximum atomic E-state index is 15.3. The predicted molar refractivity (Wildman–Crippen MR) is 346 cm³/mol. The van der Waals surface area contributed by atoms with Crippen LogP contribution in [-0.2, 0) is 75.3 Å². The number of phenolic OH excluding ortho intramolecular Hbond substituents is 2. The topological polar surface area (TPSA) is 428 Å². The lowest BCUT2D eigenvalue weighted by molar-refractivity contribution is -0.142. The second kappa shape index (κ2) is 34.2. The Morgan fingerprint density at radius 1 is 0.559 bits per heavy atom. The van der Waals surface area contributed by atoms with Crippen LogP contribution in [0.15, 0.2) is 145 Å². The van der Waals surface area contributed by atoms with E-state index in [1.165, 1.54) is 53.4 Å². The lowest BCUT2D eigenvalue weighted by Crippen LogP contribution is -2.61. The summed E-state index contributed by atoms with van der Waals surface area (Å²) >= 11 is 0. The minimum absolute atomic E-state index is 0.0509. The number of amides is 8. The summed E-state index contributed by atoms with van der Waals surface area (Å²) in [6.07, 6.45) is 1.64. The molecule has 1 aliphatic heterocycles. The molecule has 93 heavy (non-hydrogen) atoms. The number of aliphatic hydroxyl groups excluding tert-OH is 1. The van der Waals surface area contributed by atoms with E-state index in [0.29, 0.717) is 45.1 Å². The Balaban J connectivity index is 1.21. The molecular formula is C67H83N13O13. The molecule has 1 fully saturated rings. The van der Waals surface area contributed by atoms with Gasteiger partial charge in [-0.2, -0.15) is 0 Å². The van der Waals surface area contributed by atoms with Gasteiger partial charge >= 0.3 is 5.97 Å². The number of nitrogens with zero attached hydrogens (tertiary/aromatic N) is 2. The first kappa shape index (κ1) is 70.1. The van der Waals surface area contributed by atoms with Crippen LogP contribution >= 0.6 is 0 Å². The lowest BCUT2D eigenvalue weighted by atomic mass is 9.99. The van der Waals surface area contributed by atoms with Gasteiger partial charge in [0.05, 0.1) is 6.61 Å². The maximum Gasteiger partial charge on any atom is 0.326 e. The highest BCUT2D eigenvalue weighted by molar-refractivity contribution is 5.99. The molecule has 1 aliphatic rings. The Morgan fingerprint density at radius 2 is 0.978 bits per heavy atom. The van der Waals surface area contributed by atoms with Gasteiger partial charge in [0.25, 0.3) is 0 Å². The zero-order valence-corrected chi connectivity index (χ0v) is 51.8. The van der Waals surface area contributed by atoms with Gasteiger partial charge in [-0.05, 0) is 96.2 Å². The van der Waals surface area contributed by atoms with Gasteiger partial charge < -0.3 is 84.7 Å². The van der Waals surface area contributed by atoms with Gasteiger partial charge in [-0.15, -0.1) is 0 Å². The molecule has 0 saturated carbocycles. The van der Waals surface area contributed by atoms with Gasteiger partial charge in [-0.1, -0.05) is 117 Å². The lowest BCUT2D eigenvalue weighted by Gasteiger charge is -2.29. The Labute approximate surface area is 537 Å². The van der Waals surface area contributed by atoms with Crippen molar-refractivity contribution in [2.75, 3.05) is 19.7 Å². The predicted octanol–water partition coefficient (Wildman–Crippen LogP) is 0.981. The van der Waals surface area contributed by atoms with Crippen LogP contribution in [0.3, 0.4) is 0 Å². The molecule has 7 rings (SSSR count). The van der Waals surface area contributed by atoms with E-state index in [0.717, 1.165) is 0 Å². The van der Waals surface area contributed by atoms with Crippen molar-refractivity contribution in [3.8, 4) is 11.5 Å². The van der Waals surface area contributed by atoms with Gasteiger partial charge in [0.15, 0.2) is 5.96 Å². The SMILES string of the molecule is CC(C)C[C@H](NC(=O)[C@H](Cc1ccc(O)cc1)NC(=O)[C@H](Cc1ccccc1)NC(=O)[C@H](Cc1ccccc1)NC(=O)[C@H](Cc1ccc(O)cc1)NC(=O)[C@H](Cc1c[nH]c2ccccc12)NC(=O)[C@H](CCCN=C(N)N)NC(=O)[C@@H]1CCCN1C(=O)[C@@H](N)CO)C(=O)O. The first-order valence-electron chi connectivity index (χ1n) is 30.8. The molecule has 6 aromatic rings. The largest absolute Gasteiger partial charge is 0.508 e. The van der Waals surface area contributed by atoms with Crippen LogP contribution in [0, 0.1) is 5.92 Å². The van der Waals surface area contributed by atoms with E-state index in [1.807, 2.05) is 18.2 Å². The molecular weight excluding hydrogens is 1190 g/mol. The first-order chi connectivity index (χ1) is 44.5. The normalized spacial score (nSPS) is 15.4. The maximum absolute atomic E-state index is 15.3. The second-order valence-corrected chi connectivity index (χ2v) is 23.5. The Bertz CT molecular complexity index is 3550. The number of phenols is 2. The van der Waals surface area contributed by atoms with Crippen molar-refractivity contribution in [1.82, 2.24) is 47.1 Å². The number of H-pyrrole nitrogens is 1. The summed E-state index contributed by atoms with van der Waals surface area (Å²) < 4.78 is 0. The molecule has 0 bridgehead atoms. The number of hydrogen-bond acceptors (Lipinski definition) is 14. The average Bonchev–Trinajstić information content (AvgIpc) is 1.79. The number of aromatic amines is 1. The summed E-state index contributed by atoms with van der Waals surface area (Å²) in [5, 5.41) is 60.1. The molecule has 5 aromatic carbocycles. The fourth-order valence-electron chi connectivity index (χ4n) is 11.0. The smallest absolute Gasteiger partial charge is 0.326 e. The quantitative estimate of drug-likeness (QED) is 0.0155. The second-order valence-electron chi connectivity index (χ2n) is 23.5. The summed E-state index contributed by atoms with van der Waals surface area (Å²) in [5.74, 6) is -8.27. The number of likely N-dealkylation sites (tertiary alicyclic amines) is 1. The number of carboxylic acids is 1. The molecule has 18 N–H and O–H groups in total. The molecule has 1 aromatic heterocycles. The van der Waals surface area contributed by atoms with E-state index in [1.54, 1.807) is 86.8 Å². The Kier molecular flexibility index (Phi) is 25.8. The summed E-state index contributed by atoms with van der Waals surface area (Å²) in [4.78, 5) is 138. The highest BCUT2D eigenvalue weighted by Gasteiger charge is 2.39. The molecule has 0 spiro atoms. The number of aliphatic carboxylic acids is 1. The van der Waals surface area contributed by atoms with Crippen molar-refractivity contribution in [1.29, 1.82) is 0 Å². The molecule has 0 unspecified atom stereocenters. The number of nitrogens with one attached hydrogen (secondary N) is 8. The van der Waals surface area contributed by atoms with E-state index >= 15 is 14.4 Å².